The number of anilines is 1. The second-order valence-electron chi connectivity index (χ2n) is 8.78. The molecule has 0 aromatic heterocycles. The molecule has 4 fully saturated rings. The molecule has 5 rings (SSSR count). The third-order valence-electron chi connectivity index (χ3n) is 6.70. The summed E-state index contributed by atoms with van der Waals surface area (Å²) in [7, 11) is 0. The van der Waals surface area contributed by atoms with Crippen LogP contribution in [0.3, 0.4) is 0 Å². The summed E-state index contributed by atoms with van der Waals surface area (Å²) < 4.78 is 0. The number of para-hydroxylation sites is 2. The van der Waals surface area contributed by atoms with E-state index in [-0.39, 0.29) is 23.3 Å². The Morgan fingerprint density at radius 1 is 1.19 bits per heavy atom. The summed E-state index contributed by atoms with van der Waals surface area (Å²) in [6.45, 7) is 2.71. The van der Waals surface area contributed by atoms with Crippen LogP contribution in [0, 0.1) is 33.3 Å². The molecule has 26 heavy (non-hydrogen) atoms. The molecular formula is C20H27N3O3. The summed E-state index contributed by atoms with van der Waals surface area (Å²) in [6.07, 6.45) is 8.12. The van der Waals surface area contributed by atoms with Crippen LogP contribution < -0.4 is 10.6 Å². The van der Waals surface area contributed by atoms with Crippen LogP contribution in [0.4, 0.5) is 11.4 Å². The molecule has 6 nitrogen and oxygen atoms in total. The minimum absolute atomic E-state index is 0.0749. The Labute approximate surface area is 153 Å². The molecule has 4 aliphatic carbocycles. The van der Waals surface area contributed by atoms with Gasteiger partial charge >= 0.3 is 0 Å². The third-order valence-corrected chi connectivity index (χ3v) is 6.70. The molecule has 1 atom stereocenters. The van der Waals surface area contributed by atoms with Crippen LogP contribution in [0.25, 0.3) is 0 Å². The number of hydrogen-bond donors (Lipinski definition) is 2. The van der Waals surface area contributed by atoms with Crippen LogP contribution in [0.1, 0.15) is 45.4 Å². The highest BCUT2D eigenvalue weighted by Crippen LogP contribution is 2.59. The van der Waals surface area contributed by atoms with E-state index in [0.29, 0.717) is 5.41 Å². The van der Waals surface area contributed by atoms with Crippen LogP contribution in [0.15, 0.2) is 24.3 Å². The number of rotatable bonds is 6. The van der Waals surface area contributed by atoms with Crippen LogP contribution >= 0.6 is 0 Å². The van der Waals surface area contributed by atoms with Crippen LogP contribution in [0.5, 0.6) is 0 Å². The van der Waals surface area contributed by atoms with Gasteiger partial charge in [0, 0.05) is 12.6 Å². The quantitative estimate of drug-likeness (QED) is 0.600. The van der Waals surface area contributed by atoms with Gasteiger partial charge in [-0.25, -0.2) is 0 Å². The highest BCUT2D eigenvalue weighted by molar-refractivity contribution is 5.96. The monoisotopic (exact) mass is 357 g/mol. The number of amides is 1. The normalized spacial score (nSPS) is 33.0. The predicted octanol–water partition coefficient (Wildman–Crippen LogP) is 3.73. The minimum Gasteiger partial charge on any atom is -0.319 e. The minimum atomic E-state index is -0.469. The number of benzene rings is 1. The molecule has 0 saturated heterocycles. The van der Waals surface area contributed by atoms with Gasteiger partial charge in [-0.2, -0.15) is 0 Å². The second-order valence-corrected chi connectivity index (χ2v) is 8.78. The molecule has 0 aliphatic heterocycles. The van der Waals surface area contributed by atoms with E-state index in [0.717, 1.165) is 24.3 Å². The van der Waals surface area contributed by atoms with E-state index in [9.17, 15) is 14.9 Å². The standard InChI is InChI=1S/C20H27N3O3/c1-13(19(24)22-17-4-2-3-5-18(17)23(25)26)21-12-20-9-14-6-15(10-20)8-16(7-14)11-20/h2-5,13-16,21H,6-12H2,1H3,(H,22,24)/t13-,14?,15?,16?,20?/m1/s1. The summed E-state index contributed by atoms with van der Waals surface area (Å²) in [5.41, 5.74) is 0.544. The maximum Gasteiger partial charge on any atom is 0.292 e. The largest absolute Gasteiger partial charge is 0.319 e. The lowest BCUT2D eigenvalue weighted by Gasteiger charge is -2.57. The molecule has 4 bridgehead atoms. The number of nitrogens with zero attached hydrogens (tertiary/aromatic N) is 1. The summed E-state index contributed by atoms with van der Waals surface area (Å²) in [5, 5.41) is 17.2. The Morgan fingerprint density at radius 2 is 1.77 bits per heavy atom. The van der Waals surface area contributed by atoms with Gasteiger partial charge in [-0.05, 0) is 74.7 Å². The molecular weight excluding hydrogens is 330 g/mol. The molecule has 1 aromatic carbocycles. The molecule has 1 amide bonds. The summed E-state index contributed by atoms with van der Waals surface area (Å²) in [5.74, 6) is 2.45. The number of carbonyl (C=O) groups excluding carboxylic acids is 1. The molecule has 4 aliphatic rings. The van der Waals surface area contributed by atoms with Crippen molar-refractivity contribution in [1.29, 1.82) is 0 Å². The SMILES string of the molecule is C[C@@H](NCC12CC3CC(CC(C3)C1)C2)C(=O)Nc1ccccc1[N+](=O)[O-]. The van der Waals surface area contributed by atoms with E-state index in [1.165, 1.54) is 44.6 Å². The summed E-state index contributed by atoms with van der Waals surface area (Å²) in [6, 6.07) is 5.90. The molecule has 140 valence electrons. The molecule has 1 aromatic rings. The van der Waals surface area contributed by atoms with E-state index in [1.54, 1.807) is 18.2 Å². The highest BCUT2D eigenvalue weighted by atomic mass is 16.6. The Morgan fingerprint density at radius 3 is 2.35 bits per heavy atom. The van der Waals surface area contributed by atoms with Gasteiger partial charge in [0.25, 0.3) is 5.69 Å². The van der Waals surface area contributed by atoms with Crippen molar-refractivity contribution in [3.63, 3.8) is 0 Å². The van der Waals surface area contributed by atoms with Gasteiger partial charge in [0.15, 0.2) is 0 Å². The first-order valence-corrected chi connectivity index (χ1v) is 9.72. The third kappa shape index (κ3) is 3.34. The molecule has 2 N–H and O–H groups in total. The fraction of sp³-hybridized carbons (Fsp3) is 0.650. The second kappa shape index (κ2) is 6.65. The van der Waals surface area contributed by atoms with Crippen LogP contribution in [-0.2, 0) is 4.79 Å². The lowest BCUT2D eigenvalue weighted by molar-refractivity contribution is -0.383. The van der Waals surface area contributed by atoms with Crippen LogP contribution in [-0.4, -0.2) is 23.4 Å². The van der Waals surface area contributed by atoms with Crippen molar-refractivity contribution in [2.45, 2.75) is 51.5 Å². The topological polar surface area (TPSA) is 84.3 Å². The molecule has 0 heterocycles. The number of hydrogen-bond acceptors (Lipinski definition) is 4. The summed E-state index contributed by atoms with van der Waals surface area (Å²) in [4.78, 5) is 23.1. The Bertz CT molecular complexity index is 683. The molecule has 4 saturated carbocycles. The maximum atomic E-state index is 12.5. The van der Waals surface area contributed by atoms with Crippen molar-refractivity contribution >= 4 is 17.3 Å². The number of carbonyl (C=O) groups is 1. The average molecular weight is 357 g/mol. The van der Waals surface area contributed by atoms with Crippen LogP contribution in [0.2, 0.25) is 0 Å². The highest BCUT2D eigenvalue weighted by Gasteiger charge is 2.50. The van der Waals surface area contributed by atoms with E-state index >= 15 is 0 Å². The fourth-order valence-electron chi connectivity index (χ4n) is 5.95. The van der Waals surface area contributed by atoms with Crippen molar-refractivity contribution in [3.05, 3.63) is 34.4 Å². The van der Waals surface area contributed by atoms with Crippen molar-refractivity contribution < 1.29 is 9.72 Å². The van der Waals surface area contributed by atoms with Gasteiger partial charge in [0.1, 0.15) is 5.69 Å². The first-order chi connectivity index (χ1) is 12.4. The first-order valence-electron chi connectivity index (χ1n) is 9.72. The van der Waals surface area contributed by atoms with Gasteiger partial charge in [-0.15, -0.1) is 0 Å². The van der Waals surface area contributed by atoms with Gasteiger partial charge in [0.2, 0.25) is 5.91 Å². The fourth-order valence-corrected chi connectivity index (χ4v) is 5.95. The number of nitro groups is 1. The van der Waals surface area contributed by atoms with Crippen molar-refractivity contribution in [2.75, 3.05) is 11.9 Å². The first kappa shape index (κ1) is 17.5. The van der Waals surface area contributed by atoms with Gasteiger partial charge in [0.05, 0.1) is 11.0 Å². The lowest BCUT2D eigenvalue weighted by Crippen LogP contribution is -2.52. The van der Waals surface area contributed by atoms with Crippen molar-refractivity contribution in [2.24, 2.45) is 23.2 Å². The van der Waals surface area contributed by atoms with Crippen molar-refractivity contribution in [3.8, 4) is 0 Å². The number of nitro benzene ring substituents is 1. The van der Waals surface area contributed by atoms with Gasteiger partial charge < -0.3 is 10.6 Å². The summed E-state index contributed by atoms with van der Waals surface area (Å²) >= 11 is 0. The average Bonchev–Trinajstić information content (AvgIpc) is 2.59. The van der Waals surface area contributed by atoms with E-state index in [4.69, 9.17) is 0 Å². The molecule has 0 unspecified atom stereocenters. The van der Waals surface area contributed by atoms with Gasteiger partial charge in [-0.1, -0.05) is 12.1 Å². The Kier molecular flexibility index (Phi) is 4.47. The number of nitrogens with one attached hydrogen (secondary N) is 2. The maximum absolute atomic E-state index is 12.5. The zero-order valence-corrected chi connectivity index (χ0v) is 15.2. The lowest BCUT2D eigenvalue weighted by atomic mass is 9.49. The zero-order valence-electron chi connectivity index (χ0n) is 15.2. The smallest absolute Gasteiger partial charge is 0.292 e. The molecule has 0 spiro atoms. The zero-order chi connectivity index (χ0) is 18.3. The Balaban J connectivity index is 1.36. The predicted molar refractivity (Wildman–Crippen MR) is 99.8 cm³/mol. The van der Waals surface area contributed by atoms with Crippen molar-refractivity contribution in [1.82, 2.24) is 5.32 Å². The molecule has 0 radical (unpaired) electrons. The van der Waals surface area contributed by atoms with Gasteiger partial charge in [-0.3, -0.25) is 14.9 Å². The van der Waals surface area contributed by atoms with E-state index in [1.807, 2.05) is 6.92 Å². The van der Waals surface area contributed by atoms with E-state index in [2.05, 4.69) is 10.6 Å². The molecule has 6 heteroatoms. The Hall–Kier alpha value is -1.95. The van der Waals surface area contributed by atoms with E-state index < -0.39 is 4.92 Å².